The van der Waals surface area contributed by atoms with Crippen LogP contribution < -0.4 is 4.72 Å². The second-order valence-corrected chi connectivity index (χ2v) is 6.69. The fourth-order valence-electron chi connectivity index (χ4n) is 2.02. The number of esters is 1. The van der Waals surface area contributed by atoms with Gasteiger partial charge in [-0.3, -0.25) is 4.79 Å². The average molecular weight is 278 g/mol. The lowest BCUT2D eigenvalue weighted by atomic mass is 10.1. The van der Waals surface area contributed by atoms with E-state index in [9.17, 15) is 13.2 Å². The Labute approximate surface area is 109 Å². The molecule has 106 valence electrons. The van der Waals surface area contributed by atoms with Gasteiger partial charge in [0.15, 0.2) is 0 Å². The van der Waals surface area contributed by atoms with Gasteiger partial charge >= 0.3 is 5.97 Å². The molecule has 1 fully saturated rings. The third kappa shape index (κ3) is 5.79. The lowest BCUT2D eigenvalue weighted by molar-refractivity contribution is -0.140. The molecule has 0 bridgehead atoms. The van der Waals surface area contributed by atoms with Crippen LogP contribution in [0.3, 0.4) is 0 Å². The number of rotatable bonds is 7. The summed E-state index contributed by atoms with van der Waals surface area (Å²) in [6.07, 6.45) is 1.47. The molecule has 1 rings (SSSR count). The molecule has 1 heterocycles. The Balaban J connectivity index is 2.21. The molecule has 1 saturated heterocycles. The number of nitrogens with zero attached hydrogens (tertiary/aromatic N) is 1. The number of carbonyl (C=O) groups is 1. The van der Waals surface area contributed by atoms with Gasteiger partial charge in [-0.15, -0.1) is 0 Å². The molecule has 1 aliphatic heterocycles. The van der Waals surface area contributed by atoms with Crippen LogP contribution >= 0.6 is 0 Å². The quantitative estimate of drug-likeness (QED) is 0.653. The molecule has 0 aliphatic carbocycles. The van der Waals surface area contributed by atoms with E-state index in [1.165, 1.54) is 7.11 Å². The molecule has 1 unspecified atom stereocenters. The molecule has 1 aliphatic rings. The number of hydrogen-bond donors (Lipinski definition) is 1. The molecule has 7 heteroatoms. The van der Waals surface area contributed by atoms with E-state index in [4.69, 9.17) is 0 Å². The van der Waals surface area contributed by atoms with Crippen molar-refractivity contribution >= 4 is 16.0 Å². The van der Waals surface area contributed by atoms with Gasteiger partial charge in [0.1, 0.15) is 0 Å². The number of hydrogen-bond acceptors (Lipinski definition) is 5. The smallest absolute Gasteiger partial charge is 0.305 e. The maximum atomic E-state index is 11.7. The van der Waals surface area contributed by atoms with Gasteiger partial charge in [-0.2, -0.15) is 0 Å². The normalized spacial score (nSPS) is 21.1. The maximum absolute atomic E-state index is 11.7. The third-order valence-electron chi connectivity index (χ3n) is 3.10. The molecule has 18 heavy (non-hydrogen) atoms. The van der Waals surface area contributed by atoms with Crippen LogP contribution in [0.5, 0.6) is 0 Å². The van der Waals surface area contributed by atoms with Crippen LogP contribution in [0.2, 0.25) is 0 Å². The lowest BCUT2D eigenvalue weighted by Gasteiger charge is -2.11. The zero-order valence-electron chi connectivity index (χ0n) is 11.0. The van der Waals surface area contributed by atoms with Crippen LogP contribution in [-0.2, 0) is 19.6 Å². The standard InChI is InChI=1S/C11H22N2O4S/c1-13-6-5-10(9-13)8-12-18(15,16)7-3-4-11(14)17-2/h10,12H,3-9H2,1-2H3. The molecule has 1 atom stereocenters. The van der Waals surface area contributed by atoms with E-state index in [2.05, 4.69) is 14.4 Å². The van der Waals surface area contributed by atoms with Gasteiger partial charge in [-0.1, -0.05) is 0 Å². The van der Waals surface area contributed by atoms with Crippen molar-refractivity contribution in [1.29, 1.82) is 0 Å². The van der Waals surface area contributed by atoms with Crippen molar-refractivity contribution in [2.24, 2.45) is 5.92 Å². The predicted molar refractivity (Wildman–Crippen MR) is 68.6 cm³/mol. The summed E-state index contributed by atoms with van der Waals surface area (Å²) in [7, 11) is 0.0632. The summed E-state index contributed by atoms with van der Waals surface area (Å²) in [4.78, 5) is 13.0. The summed E-state index contributed by atoms with van der Waals surface area (Å²) in [5.74, 6) is -0.00186. The van der Waals surface area contributed by atoms with Crippen LogP contribution in [0, 0.1) is 5.92 Å². The highest BCUT2D eigenvalue weighted by atomic mass is 32.2. The third-order valence-corrected chi connectivity index (χ3v) is 4.54. The lowest BCUT2D eigenvalue weighted by Crippen LogP contribution is -2.32. The van der Waals surface area contributed by atoms with Crippen LogP contribution in [0.4, 0.5) is 0 Å². The molecule has 0 radical (unpaired) electrons. The summed E-state index contributed by atoms with van der Waals surface area (Å²) in [5, 5.41) is 0. The first-order valence-electron chi connectivity index (χ1n) is 6.15. The second-order valence-electron chi connectivity index (χ2n) is 4.76. The fourth-order valence-corrected chi connectivity index (χ4v) is 3.18. The highest BCUT2D eigenvalue weighted by Crippen LogP contribution is 2.13. The van der Waals surface area contributed by atoms with Crippen molar-refractivity contribution in [3.63, 3.8) is 0 Å². The molecule has 0 aromatic rings. The number of sulfonamides is 1. The first kappa shape index (κ1) is 15.4. The van der Waals surface area contributed by atoms with Crippen LogP contribution in [0.1, 0.15) is 19.3 Å². The first-order valence-corrected chi connectivity index (χ1v) is 7.81. The molecule has 6 nitrogen and oxygen atoms in total. The van der Waals surface area contributed by atoms with E-state index < -0.39 is 10.0 Å². The van der Waals surface area contributed by atoms with Crippen molar-refractivity contribution < 1.29 is 17.9 Å². The van der Waals surface area contributed by atoms with Crippen LogP contribution in [0.25, 0.3) is 0 Å². The zero-order valence-corrected chi connectivity index (χ0v) is 11.8. The number of methoxy groups -OCH3 is 1. The Morgan fingerprint density at radius 2 is 2.22 bits per heavy atom. The van der Waals surface area contributed by atoms with Gasteiger partial charge in [0.25, 0.3) is 0 Å². The van der Waals surface area contributed by atoms with Gasteiger partial charge in [-0.05, 0) is 32.4 Å². The van der Waals surface area contributed by atoms with E-state index in [1.807, 2.05) is 7.05 Å². The van der Waals surface area contributed by atoms with Crippen molar-refractivity contribution in [3.05, 3.63) is 0 Å². The zero-order chi connectivity index (χ0) is 13.6. The largest absolute Gasteiger partial charge is 0.469 e. The van der Waals surface area contributed by atoms with E-state index in [0.717, 1.165) is 19.5 Å². The molecule has 0 spiro atoms. The summed E-state index contributed by atoms with van der Waals surface area (Å²) in [6, 6.07) is 0. The van der Waals surface area contributed by atoms with Crippen molar-refractivity contribution in [2.45, 2.75) is 19.3 Å². The Bertz CT molecular complexity index is 369. The fraction of sp³-hybridized carbons (Fsp3) is 0.909. The summed E-state index contributed by atoms with van der Waals surface area (Å²) >= 11 is 0. The minimum Gasteiger partial charge on any atom is -0.469 e. The highest BCUT2D eigenvalue weighted by Gasteiger charge is 2.21. The topological polar surface area (TPSA) is 75.7 Å². The second kappa shape index (κ2) is 7.06. The van der Waals surface area contributed by atoms with Gasteiger partial charge in [0, 0.05) is 19.5 Å². The molecule has 0 aromatic heterocycles. The van der Waals surface area contributed by atoms with E-state index in [0.29, 0.717) is 18.9 Å². The van der Waals surface area contributed by atoms with E-state index >= 15 is 0 Å². The predicted octanol–water partition coefficient (Wildman–Crippen LogP) is -0.189. The minimum atomic E-state index is -3.27. The summed E-state index contributed by atoms with van der Waals surface area (Å²) in [6.45, 7) is 2.45. The van der Waals surface area contributed by atoms with E-state index in [-0.39, 0.29) is 18.1 Å². The molecular formula is C11H22N2O4S. The maximum Gasteiger partial charge on any atom is 0.305 e. The molecule has 0 saturated carbocycles. The average Bonchev–Trinajstić information content (AvgIpc) is 2.72. The Morgan fingerprint density at radius 3 is 2.78 bits per heavy atom. The van der Waals surface area contributed by atoms with Gasteiger partial charge in [-0.25, -0.2) is 13.1 Å². The van der Waals surface area contributed by atoms with Gasteiger partial charge in [0.2, 0.25) is 10.0 Å². The Morgan fingerprint density at radius 1 is 1.50 bits per heavy atom. The Hall–Kier alpha value is -0.660. The van der Waals surface area contributed by atoms with Crippen molar-refractivity contribution in [3.8, 4) is 0 Å². The highest BCUT2D eigenvalue weighted by molar-refractivity contribution is 7.89. The van der Waals surface area contributed by atoms with Gasteiger partial charge in [0.05, 0.1) is 12.9 Å². The van der Waals surface area contributed by atoms with Crippen molar-refractivity contribution in [1.82, 2.24) is 9.62 Å². The molecule has 0 aromatic carbocycles. The van der Waals surface area contributed by atoms with Crippen LogP contribution in [-0.4, -0.2) is 58.8 Å². The minimum absolute atomic E-state index is 0.0232. The Kier molecular flexibility index (Phi) is 6.04. The summed E-state index contributed by atoms with van der Waals surface area (Å²) in [5.41, 5.74) is 0. The molecular weight excluding hydrogens is 256 g/mol. The van der Waals surface area contributed by atoms with Crippen molar-refractivity contribution in [2.75, 3.05) is 39.5 Å². The number of likely N-dealkylation sites (tertiary alicyclic amines) is 1. The molecule has 0 amide bonds. The molecule has 1 N–H and O–H groups in total. The van der Waals surface area contributed by atoms with Gasteiger partial charge < -0.3 is 9.64 Å². The van der Waals surface area contributed by atoms with E-state index in [1.54, 1.807) is 0 Å². The number of nitrogens with one attached hydrogen (secondary N) is 1. The SMILES string of the molecule is COC(=O)CCCS(=O)(=O)NCC1CCN(C)C1. The summed E-state index contributed by atoms with van der Waals surface area (Å²) < 4.78 is 30.4. The first-order chi connectivity index (χ1) is 8.43. The monoisotopic (exact) mass is 278 g/mol. The van der Waals surface area contributed by atoms with Crippen LogP contribution in [0.15, 0.2) is 0 Å². The number of ether oxygens (including phenoxy) is 1. The number of carbonyl (C=O) groups excluding carboxylic acids is 1.